The molecule has 0 aromatic rings. The average Bonchev–Trinajstić information content (AvgIpc) is 2.96. The van der Waals surface area contributed by atoms with Crippen molar-refractivity contribution in [2.45, 2.75) is 25.7 Å². The Kier molecular flexibility index (Phi) is 1.40. The Bertz CT molecular complexity index is 280. The van der Waals surface area contributed by atoms with Gasteiger partial charge in [-0.1, -0.05) is 24.3 Å². The fraction of sp³-hybridized carbons (Fsp3) is 0.714. The molecule has 0 aromatic heterocycles. The molecule has 4 bridgehead atoms. The first kappa shape index (κ1) is 7.73. The van der Waals surface area contributed by atoms with Crippen LogP contribution in [0.1, 0.15) is 25.7 Å². The van der Waals surface area contributed by atoms with E-state index in [1.807, 2.05) is 0 Å². The van der Waals surface area contributed by atoms with Crippen LogP contribution in [0.15, 0.2) is 24.3 Å². The van der Waals surface area contributed by atoms with Gasteiger partial charge in [-0.15, -0.1) is 0 Å². The molecule has 0 spiro atoms. The van der Waals surface area contributed by atoms with Crippen LogP contribution in [0.3, 0.4) is 0 Å². The minimum absolute atomic E-state index is 0.966. The summed E-state index contributed by atoms with van der Waals surface area (Å²) in [4.78, 5) is 0. The maximum absolute atomic E-state index is 2.52. The molecular weight excluding hydrogens is 168 g/mol. The molecule has 6 atom stereocenters. The van der Waals surface area contributed by atoms with Crippen molar-refractivity contribution in [1.82, 2.24) is 0 Å². The van der Waals surface area contributed by atoms with Gasteiger partial charge in [0.15, 0.2) is 0 Å². The van der Waals surface area contributed by atoms with Crippen LogP contribution in [0.2, 0.25) is 0 Å². The van der Waals surface area contributed by atoms with Gasteiger partial charge in [0.2, 0.25) is 0 Å². The smallest absolute Gasteiger partial charge is 0.0196 e. The van der Waals surface area contributed by atoms with Gasteiger partial charge in [-0.2, -0.15) is 0 Å². The summed E-state index contributed by atoms with van der Waals surface area (Å²) < 4.78 is 0. The van der Waals surface area contributed by atoms with E-state index in [4.69, 9.17) is 0 Å². The zero-order chi connectivity index (χ0) is 9.12. The Hall–Kier alpha value is -0.520. The lowest BCUT2D eigenvalue weighted by atomic mass is 9.75. The molecule has 4 aliphatic rings. The number of hydrogen-bond acceptors (Lipinski definition) is 0. The van der Waals surface area contributed by atoms with Gasteiger partial charge in [0.1, 0.15) is 0 Å². The highest BCUT2D eigenvalue weighted by atomic mass is 14.5. The minimum atomic E-state index is 0.966. The average molecular weight is 186 g/mol. The monoisotopic (exact) mass is 186 g/mol. The molecule has 0 nitrogen and oxygen atoms in total. The third kappa shape index (κ3) is 0.898. The normalized spacial score (nSPS) is 57.7. The zero-order valence-corrected chi connectivity index (χ0v) is 8.60. The molecule has 0 saturated heterocycles. The van der Waals surface area contributed by atoms with Crippen LogP contribution < -0.4 is 0 Å². The van der Waals surface area contributed by atoms with E-state index in [1.54, 1.807) is 0 Å². The molecule has 4 aliphatic carbocycles. The highest BCUT2D eigenvalue weighted by molar-refractivity contribution is 5.17. The summed E-state index contributed by atoms with van der Waals surface area (Å²) >= 11 is 0. The van der Waals surface area contributed by atoms with Crippen molar-refractivity contribution >= 4 is 0 Å². The van der Waals surface area contributed by atoms with Crippen molar-refractivity contribution in [3.8, 4) is 0 Å². The summed E-state index contributed by atoms with van der Waals surface area (Å²) in [5, 5.41) is 0. The molecule has 0 unspecified atom stereocenters. The molecule has 4 rings (SSSR count). The lowest BCUT2D eigenvalue weighted by Gasteiger charge is -2.29. The summed E-state index contributed by atoms with van der Waals surface area (Å²) in [6.45, 7) is 0. The topological polar surface area (TPSA) is 0 Å². The van der Waals surface area contributed by atoms with Crippen molar-refractivity contribution in [3.05, 3.63) is 24.3 Å². The maximum Gasteiger partial charge on any atom is -0.0196 e. The van der Waals surface area contributed by atoms with E-state index in [2.05, 4.69) is 24.3 Å². The van der Waals surface area contributed by atoms with E-state index in [0.717, 1.165) is 35.5 Å². The third-order valence-electron chi connectivity index (χ3n) is 5.21. The molecule has 0 heterocycles. The second kappa shape index (κ2) is 2.53. The molecule has 0 aliphatic heterocycles. The molecule has 0 aromatic carbocycles. The van der Waals surface area contributed by atoms with Gasteiger partial charge in [0.05, 0.1) is 0 Å². The summed E-state index contributed by atoms with van der Waals surface area (Å²) in [6.07, 6.45) is 16.0. The van der Waals surface area contributed by atoms with Crippen LogP contribution in [0.5, 0.6) is 0 Å². The summed E-state index contributed by atoms with van der Waals surface area (Å²) in [5.41, 5.74) is 0. The Morgan fingerprint density at radius 2 is 1.07 bits per heavy atom. The molecular formula is C14H18. The minimum Gasteiger partial charge on any atom is -0.0851 e. The van der Waals surface area contributed by atoms with E-state index in [1.165, 1.54) is 25.7 Å². The molecule has 0 amide bonds. The maximum atomic E-state index is 2.52. The van der Waals surface area contributed by atoms with Crippen molar-refractivity contribution in [2.24, 2.45) is 35.5 Å². The van der Waals surface area contributed by atoms with E-state index < -0.39 is 0 Å². The van der Waals surface area contributed by atoms with Crippen molar-refractivity contribution in [3.63, 3.8) is 0 Å². The summed E-state index contributed by atoms with van der Waals surface area (Å²) in [7, 11) is 0. The Balaban J connectivity index is 1.60. The highest BCUT2D eigenvalue weighted by Crippen LogP contribution is 2.55. The second-order valence-electron chi connectivity index (χ2n) is 5.89. The van der Waals surface area contributed by atoms with E-state index >= 15 is 0 Å². The van der Waals surface area contributed by atoms with Crippen LogP contribution in [0.4, 0.5) is 0 Å². The van der Waals surface area contributed by atoms with Crippen LogP contribution >= 0.6 is 0 Å². The van der Waals surface area contributed by atoms with Crippen LogP contribution in [0, 0.1) is 35.5 Å². The van der Waals surface area contributed by atoms with Gasteiger partial charge >= 0.3 is 0 Å². The molecule has 14 heavy (non-hydrogen) atoms. The quantitative estimate of drug-likeness (QED) is 0.550. The van der Waals surface area contributed by atoms with Gasteiger partial charge in [-0.25, -0.2) is 0 Å². The van der Waals surface area contributed by atoms with E-state index in [-0.39, 0.29) is 0 Å². The van der Waals surface area contributed by atoms with Crippen LogP contribution in [0.25, 0.3) is 0 Å². The lowest BCUT2D eigenvalue weighted by Crippen LogP contribution is -2.22. The summed E-state index contributed by atoms with van der Waals surface area (Å²) in [5.74, 6) is 5.99. The molecule has 0 radical (unpaired) electrons. The van der Waals surface area contributed by atoms with Crippen LogP contribution in [-0.4, -0.2) is 0 Å². The molecule has 74 valence electrons. The van der Waals surface area contributed by atoms with Crippen molar-refractivity contribution in [1.29, 1.82) is 0 Å². The van der Waals surface area contributed by atoms with Gasteiger partial charge < -0.3 is 0 Å². The zero-order valence-electron chi connectivity index (χ0n) is 8.60. The third-order valence-corrected chi connectivity index (χ3v) is 5.21. The number of rotatable bonds is 1. The molecule has 2 fully saturated rings. The van der Waals surface area contributed by atoms with Crippen LogP contribution in [-0.2, 0) is 0 Å². The predicted octanol–water partition coefficient (Wildman–Crippen LogP) is 3.41. The first-order valence-corrected chi connectivity index (χ1v) is 6.27. The Morgan fingerprint density at radius 1 is 0.571 bits per heavy atom. The largest absolute Gasteiger partial charge is 0.0851 e. The molecule has 2 saturated carbocycles. The SMILES string of the molecule is C1=C[C@@H]2C[C@H]1C[C@@H]2[C@@H]1C[C@@H]2C=C[C@H]1C2. The molecule has 0 heteroatoms. The predicted molar refractivity (Wildman–Crippen MR) is 57.7 cm³/mol. The van der Waals surface area contributed by atoms with Crippen molar-refractivity contribution < 1.29 is 0 Å². The number of hydrogen-bond donors (Lipinski definition) is 0. The van der Waals surface area contributed by atoms with Gasteiger partial charge in [-0.3, -0.25) is 0 Å². The van der Waals surface area contributed by atoms with Gasteiger partial charge in [-0.05, 0) is 61.2 Å². The lowest BCUT2D eigenvalue weighted by molar-refractivity contribution is 0.249. The standard InChI is InChI=1S/C14H18/c1-3-11-5-9(1)7-13(11)14-8-10-2-4-12(14)6-10/h1-4,9-14H,5-8H2/t9-,10+,11+,12-,13-,14+. The Morgan fingerprint density at radius 3 is 1.36 bits per heavy atom. The molecule has 0 N–H and O–H groups in total. The fourth-order valence-corrected chi connectivity index (χ4v) is 4.63. The highest BCUT2D eigenvalue weighted by Gasteiger charge is 2.46. The number of fused-ring (bicyclic) bond motifs is 4. The van der Waals surface area contributed by atoms with Crippen molar-refractivity contribution in [2.75, 3.05) is 0 Å². The first-order valence-electron chi connectivity index (χ1n) is 6.27. The van der Waals surface area contributed by atoms with E-state index in [0.29, 0.717) is 0 Å². The first-order chi connectivity index (χ1) is 6.90. The fourth-order valence-electron chi connectivity index (χ4n) is 4.63. The van der Waals surface area contributed by atoms with E-state index in [9.17, 15) is 0 Å². The number of allylic oxidation sites excluding steroid dienone is 4. The van der Waals surface area contributed by atoms with Gasteiger partial charge in [0, 0.05) is 0 Å². The second-order valence-corrected chi connectivity index (χ2v) is 5.89. The van der Waals surface area contributed by atoms with Gasteiger partial charge in [0.25, 0.3) is 0 Å². The summed E-state index contributed by atoms with van der Waals surface area (Å²) in [6, 6.07) is 0. The Labute approximate surface area is 86.1 Å².